The highest BCUT2D eigenvalue weighted by atomic mass is 35.5. The van der Waals surface area contributed by atoms with E-state index in [0.717, 1.165) is 40.6 Å². The summed E-state index contributed by atoms with van der Waals surface area (Å²) in [7, 11) is 1.67. The fourth-order valence-electron chi connectivity index (χ4n) is 3.64. The lowest BCUT2D eigenvalue weighted by Gasteiger charge is -2.23. The molecule has 4 aromatic rings. The van der Waals surface area contributed by atoms with Crippen molar-refractivity contribution in [2.24, 2.45) is 0 Å². The molecule has 0 aliphatic carbocycles. The van der Waals surface area contributed by atoms with Crippen molar-refractivity contribution in [3.8, 4) is 34.0 Å². The van der Waals surface area contributed by atoms with E-state index in [-0.39, 0.29) is 11.2 Å². The van der Waals surface area contributed by atoms with Crippen LogP contribution in [0, 0.1) is 0 Å². The molecule has 7 heteroatoms. The first-order valence-electron chi connectivity index (χ1n) is 10.7. The fourth-order valence-corrected chi connectivity index (χ4v) is 3.75. The Balaban J connectivity index is 1.60. The van der Waals surface area contributed by atoms with Crippen LogP contribution in [0.25, 0.3) is 22.5 Å². The summed E-state index contributed by atoms with van der Waals surface area (Å²) in [6.07, 6.45) is 3.50. The zero-order valence-corrected chi connectivity index (χ0v) is 19.6. The number of H-pyrrole nitrogens is 1. The number of pyridine rings is 1. The molecule has 4 rings (SSSR count). The van der Waals surface area contributed by atoms with E-state index in [1.807, 2.05) is 30.3 Å². The second-order valence-electron chi connectivity index (χ2n) is 8.55. The number of aromatic nitrogens is 3. The SMILES string of the molecule is COc1ccc(CNCC(C)(C)c2nc(-c3ccc(Cl)c(O)c3)c(-c3ccncc3)[nH]2)cc1. The molecule has 3 N–H and O–H groups in total. The maximum Gasteiger partial charge on any atom is 0.134 e. The highest BCUT2D eigenvalue weighted by Crippen LogP contribution is 2.36. The first-order chi connectivity index (χ1) is 15.9. The maximum atomic E-state index is 10.1. The molecule has 33 heavy (non-hydrogen) atoms. The first kappa shape index (κ1) is 22.8. The Morgan fingerprint density at radius 3 is 2.42 bits per heavy atom. The number of hydrogen-bond acceptors (Lipinski definition) is 5. The van der Waals surface area contributed by atoms with Gasteiger partial charge in [-0.1, -0.05) is 43.6 Å². The number of nitrogens with one attached hydrogen (secondary N) is 2. The second kappa shape index (κ2) is 9.65. The second-order valence-corrected chi connectivity index (χ2v) is 8.95. The van der Waals surface area contributed by atoms with Gasteiger partial charge in [-0.3, -0.25) is 4.98 Å². The quantitative estimate of drug-likeness (QED) is 0.318. The zero-order valence-electron chi connectivity index (χ0n) is 18.9. The molecule has 0 unspecified atom stereocenters. The highest BCUT2D eigenvalue weighted by Gasteiger charge is 2.27. The van der Waals surface area contributed by atoms with Crippen LogP contribution in [0.15, 0.2) is 67.0 Å². The number of benzene rings is 2. The predicted molar refractivity (Wildman–Crippen MR) is 132 cm³/mol. The van der Waals surface area contributed by atoms with Crippen LogP contribution in [-0.2, 0) is 12.0 Å². The minimum Gasteiger partial charge on any atom is -0.506 e. The van der Waals surface area contributed by atoms with Gasteiger partial charge in [-0.05, 0) is 42.0 Å². The molecular weight excluding hydrogens is 436 g/mol. The van der Waals surface area contributed by atoms with Gasteiger partial charge in [-0.25, -0.2) is 4.98 Å². The summed E-state index contributed by atoms with van der Waals surface area (Å²) in [6, 6.07) is 17.1. The molecular formula is C26H27ClN4O2. The molecule has 0 aliphatic heterocycles. The summed E-state index contributed by atoms with van der Waals surface area (Å²) in [4.78, 5) is 12.6. The third kappa shape index (κ3) is 5.18. The average molecular weight is 463 g/mol. The van der Waals surface area contributed by atoms with Crippen LogP contribution in [0.3, 0.4) is 0 Å². The van der Waals surface area contributed by atoms with E-state index in [1.54, 1.807) is 31.6 Å². The number of ether oxygens (including phenoxy) is 1. The van der Waals surface area contributed by atoms with Crippen molar-refractivity contribution in [1.29, 1.82) is 0 Å². The average Bonchev–Trinajstić information content (AvgIpc) is 3.28. The van der Waals surface area contributed by atoms with E-state index < -0.39 is 0 Å². The largest absolute Gasteiger partial charge is 0.506 e. The van der Waals surface area contributed by atoms with Gasteiger partial charge in [-0.2, -0.15) is 0 Å². The molecule has 0 fully saturated rings. The lowest BCUT2D eigenvalue weighted by Crippen LogP contribution is -2.33. The monoisotopic (exact) mass is 462 g/mol. The summed E-state index contributed by atoms with van der Waals surface area (Å²) in [5.74, 6) is 1.72. The molecule has 0 atom stereocenters. The van der Waals surface area contributed by atoms with Crippen LogP contribution < -0.4 is 10.1 Å². The van der Waals surface area contributed by atoms with Crippen molar-refractivity contribution in [3.05, 3.63) is 83.4 Å². The minimum atomic E-state index is -0.277. The van der Waals surface area contributed by atoms with Gasteiger partial charge in [0.1, 0.15) is 17.3 Å². The maximum absolute atomic E-state index is 10.1. The normalized spacial score (nSPS) is 11.5. The number of imidazole rings is 1. The third-order valence-electron chi connectivity index (χ3n) is 5.59. The van der Waals surface area contributed by atoms with E-state index in [2.05, 4.69) is 41.3 Å². The summed E-state index contributed by atoms with van der Waals surface area (Å²) in [5, 5.41) is 14.0. The molecule has 0 radical (unpaired) electrons. The lowest BCUT2D eigenvalue weighted by molar-refractivity contribution is 0.414. The van der Waals surface area contributed by atoms with Crippen molar-refractivity contribution in [1.82, 2.24) is 20.3 Å². The standard InChI is InChI=1S/C26H27ClN4O2/c1-26(2,16-29-15-17-4-7-20(33-3)8-5-17)25-30-23(18-10-12-28-13-11-18)24(31-25)19-6-9-21(27)22(32)14-19/h4-14,29,32H,15-16H2,1-3H3,(H,30,31). The molecule has 0 aliphatic rings. The molecule has 6 nitrogen and oxygen atoms in total. The number of rotatable bonds is 8. The number of nitrogens with zero attached hydrogens (tertiary/aromatic N) is 2. The summed E-state index contributed by atoms with van der Waals surface area (Å²) >= 11 is 6.03. The van der Waals surface area contributed by atoms with Crippen molar-refractivity contribution in [2.75, 3.05) is 13.7 Å². The smallest absolute Gasteiger partial charge is 0.134 e. The van der Waals surface area contributed by atoms with Gasteiger partial charge >= 0.3 is 0 Å². The topological polar surface area (TPSA) is 83.1 Å². The number of hydrogen-bond donors (Lipinski definition) is 3. The number of aromatic amines is 1. The van der Waals surface area contributed by atoms with E-state index in [9.17, 15) is 5.11 Å². The van der Waals surface area contributed by atoms with Crippen molar-refractivity contribution in [2.45, 2.75) is 25.8 Å². The first-order valence-corrected chi connectivity index (χ1v) is 11.1. The summed E-state index contributed by atoms with van der Waals surface area (Å²) < 4.78 is 5.23. The van der Waals surface area contributed by atoms with Crippen molar-refractivity contribution in [3.63, 3.8) is 0 Å². The van der Waals surface area contributed by atoms with Gasteiger partial charge in [0.05, 0.1) is 23.5 Å². The van der Waals surface area contributed by atoms with Gasteiger partial charge in [-0.15, -0.1) is 0 Å². The molecule has 0 bridgehead atoms. The molecule has 2 aromatic carbocycles. The minimum absolute atomic E-state index is 0.0276. The Kier molecular flexibility index (Phi) is 6.67. The van der Waals surface area contributed by atoms with Gasteiger partial charge in [0.15, 0.2) is 0 Å². The number of phenolic OH excluding ortho intramolecular Hbond substituents is 1. The molecule has 0 spiro atoms. The Labute approximate surface area is 198 Å². The molecule has 0 saturated carbocycles. The van der Waals surface area contributed by atoms with Crippen LogP contribution in [-0.4, -0.2) is 33.7 Å². The van der Waals surface area contributed by atoms with Crippen LogP contribution >= 0.6 is 11.6 Å². The van der Waals surface area contributed by atoms with Gasteiger partial charge < -0.3 is 20.1 Å². The van der Waals surface area contributed by atoms with E-state index >= 15 is 0 Å². The van der Waals surface area contributed by atoms with Gasteiger partial charge in [0, 0.05) is 42.0 Å². The predicted octanol–water partition coefficient (Wildman–Crippen LogP) is 5.57. The van der Waals surface area contributed by atoms with E-state index in [4.69, 9.17) is 21.3 Å². The number of halogens is 1. The Morgan fingerprint density at radius 1 is 1.03 bits per heavy atom. The van der Waals surface area contributed by atoms with Crippen molar-refractivity contribution < 1.29 is 9.84 Å². The van der Waals surface area contributed by atoms with E-state index in [1.165, 1.54) is 5.56 Å². The molecule has 170 valence electrons. The lowest BCUT2D eigenvalue weighted by atomic mass is 9.92. The van der Waals surface area contributed by atoms with Crippen molar-refractivity contribution >= 4 is 11.6 Å². The van der Waals surface area contributed by atoms with Crippen LogP contribution in [0.5, 0.6) is 11.5 Å². The molecule has 2 heterocycles. The van der Waals surface area contributed by atoms with Gasteiger partial charge in [0.25, 0.3) is 0 Å². The van der Waals surface area contributed by atoms with Gasteiger partial charge in [0.2, 0.25) is 0 Å². The zero-order chi connectivity index (χ0) is 23.4. The molecule has 0 saturated heterocycles. The Bertz CT molecular complexity index is 1220. The highest BCUT2D eigenvalue weighted by molar-refractivity contribution is 6.32. The van der Waals surface area contributed by atoms with E-state index in [0.29, 0.717) is 11.6 Å². The number of phenols is 1. The van der Waals surface area contributed by atoms with Crippen LogP contribution in [0.2, 0.25) is 5.02 Å². The molecule has 0 amide bonds. The Hall–Kier alpha value is -3.35. The number of aromatic hydroxyl groups is 1. The fraction of sp³-hybridized carbons (Fsp3) is 0.231. The summed E-state index contributed by atoms with van der Waals surface area (Å²) in [6.45, 7) is 5.75. The number of methoxy groups -OCH3 is 1. The molecule has 2 aromatic heterocycles. The third-order valence-corrected chi connectivity index (χ3v) is 5.91. The van der Waals surface area contributed by atoms with Crippen LogP contribution in [0.4, 0.5) is 0 Å². The summed E-state index contributed by atoms with van der Waals surface area (Å²) in [5.41, 5.74) is 4.29. The van der Waals surface area contributed by atoms with Crippen LogP contribution in [0.1, 0.15) is 25.2 Å². The Morgan fingerprint density at radius 2 is 1.76 bits per heavy atom.